The first-order valence-corrected chi connectivity index (χ1v) is 11.7. The van der Waals surface area contributed by atoms with Crippen LogP contribution in [0.4, 0.5) is 0 Å². The van der Waals surface area contributed by atoms with Gasteiger partial charge in [0.2, 0.25) is 5.76 Å². The van der Waals surface area contributed by atoms with E-state index in [2.05, 4.69) is 34.7 Å². The molecule has 7 heteroatoms. The Balaban J connectivity index is 1.79. The second kappa shape index (κ2) is 9.46. The van der Waals surface area contributed by atoms with Crippen molar-refractivity contribution in [1.82, 2.24) is 9.80 Å². The second-order valence-corrected chi connectivity index (χ2v) is 8.78. The molecule has 2 heterocycles. The van der Waals surface area contributed by atoms with E-state index in [4.69, 9.17) is 9.15 Å². The molecule has 1 atom stereocenters. The maximum Gasteiger partial charge on any atom is 0.290 e. The number of carbonyl (C=O) groups is 1. The highest BCUT2D eigenvalue weighted by Crippen LogP contribution is 2.38. The lowest BCUT2D eigenvalue weighted by atomic mass is 9.98. The van der Waals surface area contributed by atoms with Crippen LogP contribution < -0.4 is 10.2 Å². The molecule has 0 radical (unpaired) electrons. The zero-order chi connectivity index (χ0) is 22.8. The number of fused-ring (bicyclic) bond motifs is 2. The van der Waals surface area contributed by atoms with Gasteiger partial charge in [0.1, 0.15) is 11.3 Å². The standard InChI is InChI=1S/C25H27BrN2O4/c1-4-27(5-2)13-6-14-28-22(16-7-10-18(31-3)11-8-16)21-23(29)19-15-17(26)9-12-20(19)32-24(21)25(28)30/h7-12,15,22H,4-6,13-14H2,1-3H3. The molecule has 0 fully saturated rings. The third kappa shape index (κ3) is 4.07. The number of rotatable bonds is 8. The van der Waals surface area contributed by atoms with Gasteiger partial charge in [-0.15, -0.1) is 0 Å². The van der Waals surface area contributed by atoms with Crippen LogP contribution >= 0.6 is 15.9 Å². The van der Waals surface area contributed by atoms with Crippen molar-refractivity contribution in [2.45, 2.75) is 26.3 Å². The molecule has 6 nitrogen and oxygen atoms in total. The number of ether oxygens (including phenoxy) is 1. The number of hydrogen-bond acceptors (Lipinski definition) is 5. The van der Waals surface area contributed by atoms with E-state index in [1.54, 1.807) is 30.2 Å². The molecular weight excluding hydrogens is 472 g/mol. The van der Waals surface area contributed by atoms with Crippen molar-refractivity contribution in [1.29, 1.82) is 0 Å². The highest BCUT2D eigenvalue weighted by Gasteiger charge is 2.42. The topological polar surface area (TPSA) is 63.0 Å². The molecule has 1 unspecified atom stereocenters. The summed E-state index contributed by atoms with van der Waals surface area (Å²) in [5.41, 5.74) is 1.53. The summed E-state index contributed by atoms with van der Waals surface area (Å²) in [7, 11) is 1.61. The molecule has 0 bridgehead atoms. The number of hydrogen-bond donors (Lipinski definition) is 0. The molecule has 32 heavy (non-hydrogen) atoms. The lowest BCUT2D eigenvalue weighted by molar-refractivity contribution is 0.0720. The Labute approximate surface area is 195 Å². The smallest absolute Gasteiger partial charge is 0.290 e. The van der Waals surface area contributed by atoms with Crippen LogP contribution in [0.3, 0.4) is 0 Å². The lowest BCUT2D eigenvalue weighted by Gasteiger charge is -2.26. The summed E-state index contributed by atoms with van der Waals surface area (Å²) in [6.07, 6.45) is 0.813. The second-order valence-electron chi connectivity index (χ2n) is 7.87. The molecule has 0 aliphatic carbocycles. The number of carbonyl (C=O) groups excluding carboxylic acids is 1. The maximum atomic E-state index is 13.6. The molecular formula is C25H27BrN2O4. The number of amides is 1. The van der Waals surface area contributed by atoms with E-state index in [9.17, 15) is 9.59 Å². The molecule has 4 rings (SSSR count). The van der Waals surface area contributed by atoms with Crippen LogP contribution in [0.5, 0.6) is 5.75 Å². The van der Waals surface area contributed by atoms with Crippen LogP contribution in [0.15, 0.2) is 56.1 Å². The van der Waals surface area contributed by atoms with Crippen molar-refractivity contribution in [3.8, 4) is 5.75 Å². The maximum absolute atomic E-state index is 13.6. The third-order valence-corrected chi connectivity index (χ3v) is 6.62. The van der Waals surface area contributed by atoms with Gasteiger partial charge < -0.3 is 19.0 Å². The van der Waals surface area contributed by atoms with Gasteiger partial charge in [0.25, 0.3) is 5.91 Å². The molecule has 0 spiro atoms. The van der Waals surface area contributed by atoms with Crippen molar-refractivity contribution >= 4 is 32.8 Å². The van der Waals surface area contributed by atoms with E-state index in [0.717, 1.165) is 41.8 Å². The molecule has 0 saturated carbocycles. The Hall–Kier alpha value is -2.64. The SMILES string of the molecule is CCN(CC)CCCN1C(=O)c2oc3ccc(Br)cc3c(=O)c2C1c1ccc(OC)cc1. The van der Waals surface area contributed by atoms with Crippen molar-refractivity contribution in [2.24, 2.45) is 0 Å². The quantitative estimate of drug-likeness (QED) is 0.444. The molecule has 0 saturated heterocycles. The summed E-state index contributed by atoms with van der Waals surface area (Å²) in [6, 6.07) is 12.3. The Kier molecular flexibility index (Phi) is 6.67. The van der Waals surface area contributed by atoms with E-state index in [-0.39, 0.29) is 17.1 Å². The average molecular weight is 499 g/mol. The molecule has 2 aromatic carbocycles. The van der Waals surface area contributed by atoms with Gasteiger partial charge in [-0.25, -0.2) is 0 Å². The van der Waals surface area contributed by atoms with Gasteiger partial charge in [-0.3, -0.25) is 9.59 Å². The summed E-state index contributed by atoms with van der Waals surface area (Å²) in [4.78, 5) is 31.1. The first kappa shape index (κ1) is 22.6. The van der Waals surface area contributed by atoms with Crippen molar-refractivity contribution < 1.29 is 13.9 Å². The van der Waals surface area contributed by atoms with Crippen molar-refractivity contribution in [3.63, 3.8) is 0 Å². The highest BCUT2D eigenvalue weighted by molar-refractivity contribution is 9.10. The molecule has 1 aromatic heterocycles. The fourth-order valence-electron chi connectivity index (χ4n) is 4.36. The van der Waals surface area contributed by atoms with Crippen LogP contribution in [-0.4, -0.2) is 49.0 Å². The Bertz CT molecular complexity index is 1190. The van der Waals surface area contributed by atoms with Crippen molar-refractivity contribution in [2.75, 3.05) is 33.3 Å². The number of halogens is 1. The highest BCUT2D eigenvalue weighted by atomic mass is 79.9. The molecule has 168 valence electrons. The van der Waals surface area contributed by atoms with Gasteiger partial charge in [-0.05, 0) is 62.0 Å². The van der Waals surface area contributed by atoms with E-state index >= 15 is 0 Å². The Morgan fingerprint density at radius 1 is 1.09 bits per heavy atom. The summed E-state index contributed by atoms with van der Waals surface area (Å²) < 4.78 is 12.1. The first-order chi connectivity index (χ1) is 15.5. The Morgan fingerprint density at radius 3 is 2.47 bits per heavy atom. The van der Waals surface area contributed by atoms with Crippen LogP contribution in [0.2, 0.25) is 0 Å². The van der Waals surface area contributed by atoms with Gasteiger partial charge >= 0.3 is 0 Å². The van der Waals surface area contributed by atoms with Crippen LogP contribution in [0.25, 0.3) is 11.0 Å². The van der Waals surface area contributed by atoms with E-state index in [1.165, 1.54) is 0 Å². The molecule has 1 aliphatic heterocycles. The minimum Gasteiger partial charge on any atom is -0.497 e. The molecule has 0 N–H and O–H groups in total. The minimum absolute atomic E-state index is 0.147. The van der Waals surface area contributed by atoms with Crippen molar-refractivity contribution in [3.05, 3.63) is 74.0 Å². The fraction of sp³-hybridized carbons (Fsp3) is 0.360. The fourth-order valence-corrected chi connectivity index (χ4v) is 4.72. The molecule has 1 amide bonds. The molecule has 3 aromatic rings. The van der Waals surface area contributed by atoms with Gasteiger partial charge in [-0.2, -0.15) is 0 Å². The predicted molar refractivity (Wildman–Crippen MR) is 128 cm³/mol. The average Bonchev–Trinajstić information content (AvgIpc) is 3.09. The Morgan fingerprint density at radius 2 is 1.81 bits per heavy atom. The van der Waals surface area contributed by atoms with E-state index in [1.807, 2.05) is 24.3 Å². The summed E-state index contributed by atoms with van der Waals surface area (Å²) >= 11 is 3.43. The zero-order valence-electron chi connectivity index (χ0n) is 18.6. The summed E-state index contributed by atoms with van der Waals surface area (Å²) in [5, 5.41) is 0.467. The summed E-state index contributed by atoms with van der Waals surface area (Å²) in [6.45, 7) is 7.62. The van der Waals surface area contributed by atoms with Gasteiger partial charge in [0, 0.05) is 11.0 Å². The number of methoxy groups -OCH3 is 1. The van der Waals surface area contributed by atoms with Crippen LogP contribution in [0.1, 0.15) is 48.0 Å². The number of benzene rings is 2. The first-order valence-electron chi connectivity index (χ1n) is 10.9. The van der Waals surface area contributed by atoms with Crippen LogP contribution in [0, 0.1) is 0 Å². The third-order valence-electron chi connectivity index (χ3n) is 6.13. The van der Waals surface area contributed by atoms with E-state index in [0.29, 0.717) is 23.1 Å². The van der Waals surface area contributed by atoms with Crippen LogP contribution in [-0.2, 0) is 0 Å². The predicted octanol–water partition coefficient (Wildman–Crippen LogP) is 4.84. The van der Waals surface area contributed by atoms with E-state index < -0.39 is 6.04 Å². The number of nitrogens with zero attached hydrogens (tertiary/aromatic N) is 2. The normalized spacial score (nSPS) is 15.6. The molecule has 1 aliphatic rings. The zero-order valence-corrected chi connectivity index (χ0v) is 20.1. The van der Waals surface area contributed by atoms with Gasteiger partial charge in [-0.1, -0.05) is 41.9 Å². The monoisotopic (exact) mass is 498 g/mol. The largest absolute Gasteiger partial charge is 0.497 e. The lowest BCUT2D eigenvalue weighted by Crippen LogP contribution is -2.33. The van der Waals surface area contributed by atoms with Gasteiger partial charge in [0.15, 0.2) is 5.43 Å². The minimum atomic E-state index is -0.486. The summed E-state index contributed by atoms with van der Waals surface area (Å²) in [5.74, 6) is 0.636. The van der Waals surface area contributed by atoms with Gasteiger partial charge in [0.05, 0.1) is 24.1 Å².